The van der Waals surface area contributed by atoms with Crippen LogP contribution in [-0.4, -0.2) is 21.5 Å². The lowest BCUT2D eigenvalue weighted by Gasteiger charge is -2.35. The molecule has 1 aliphatic rings. The summed E-state index contributed by atoms with van der Waals surface area (Å²) in [5.41, 5.74) is 5.25. The summed E-state index contributed by atoms with van der Waals surface area (Å²) in [7, 11) is 0. The van der Waals surface area contributed by atoms with Crippen molar-refractivity contribution in [2.24, 2.45) is 0 Å². The highest BCUT2D eigenvalue weighted by Gasteiger charge is 2.34. The van der Waals surface area contributed by atoms with Crippen LogP contribution < -0.4 is 4.90 Å². The predicted octanol–water partition coefficient (Wildman–Crippen LogP) is 4.48. The predicted molar refractivity (Wildman–Crippen MR) is 102 cm³/mol. The molecule has 3 aromatic heterocycles. The monoisotopic (exact) mass is 346 g/mol. The van der Waals surface area contributed by atoms with Crippen molar-refractivity contribution in [3.63, 3.8) is 0 Å². The van der Waals surface area contributed by atoms with Crippen LogP contribution in [0.25, 0.3) is 10.9 Å². The quantitative estimate of drug-likeness (QED) is 0.582. The van der Waals surface area contributed by atoms with E-state index in [0.717, 1.165) is 18.9 Å². The maximum atomic E-state index is 4.52. The van der Waals surface area contributed by atoms with Gasteiger partial charge >= 0.3 is 0 Å². The standard InChI is InChI=1S/C20H18N4S/c1-13-8-12-25-19(13)18-17-15(14-5-2-3-6-16(14)23-17)7-11-24(18)20-21-9-4-10-22-20/h2-6,8-10,12,18,23H,7,11H2,1H3. The van der Waals surface area contributed by atoms with E-state index in [1.165, 1.54) is 32.6 Å². The molecule has 4 nitrogen and oxygen atoms in total. The summed E-state index contributed by atoms with van der Waals surface area (Å²) in [6.45, 7) is 3.10. The number of benzene rings is 1. The first-order valence-corrected chi connectivity index (χ1v) is 9.38. The Labute approximate surface area is 150 Å². The third-order valence-electron chi connectivity index (χ3n) is 4.99. The number of H-pyrrole nitrogens is 1. The zero-order chi connectivity index (χ0) is 16.8. The lowest BCUT2D eigenvalue weighted by atomic mass is 9.95. The number of hydrogen-bond donors (Lipinski definition) is 1. The minimum Gasteiger partial charge on any atom is -0.356 e. The van der Waals surface area contributed by atoms with Gasteiger partial charge in [-0.05, 0) is 48.1 Å². The Kier molecular flexibility index (Phi) is 3.35. The van der Waals surface area contributed by atoms with Gasteiger partial charge in [-0.2, -0.15) is 0 Å². The van der Waals surface area contributed by atoms with Crippen molar-refractivity contribution in [1.29, 1.82) is 0 Å². The van der Waals surface area contributed by atoms with Crippen LogP contribution in [0.15, 0.2) is 54.2 Å². The van der Waals surface area contributed by atoms with Gasteiger partial charge in [0, 0.05) is 40.4 Å². The van der Waals surface area contributed by atoms with E-state index in [-0.39, 0.29) is 6.04 Å². The summed E-state index contributed by atoms with van der Waals surface area (Å²) in [5.74, 6) is 0.796. The topological polar surface area (TPSA) is 44.8 Å². The van der Waals surface area contributed by atoms with Gasteiger partial charge in [0.2, 0.25) is 5.95 Å². The van der Waals surface area contributed by atoms with Crippen LogP contribution in [0.5, 0.6) is 0 Å². The zero-order valence-corrected chi connectivity index (χ0v) is 14.8. The fraction of sp³-hybridized carbons (Fsp3) is 0.200. The highest BCUT2D eigenvalue weighted by molar-refractivity contribution is 7.10. The summed E-state index contributed by atoms with van der Waals surface area (Å²) >= 11 is 1.81. The van der Waals surface area contributed by atoms with Gasteiger partial charge in [-0.25, -0.2) is 9.97 Å². The highest BCUT2D eigenvalue weighted by atomic mass is 32.1. The molecule has 5 rings (SSSR count). The Morgan fingerprint density at radius 1 is 1.12 bits per heavy atom. The minimum absolute atomic E-state index is 0.138. The van der Waals surface area contributed by atoms with Crippen LogP contribution in [0.4, 0.5) is 5.95 Å². The van der Waals surface area contributed by atoms with E-state index in [4.69, 9.17) is 0 Å². The Hall–Kier alpha value is -2.66. The average Bonchev–Trinajstić information content (AvgIpc) is 3.25. The maximum Gasteiger partial charge on any atom is 0.226 e. The van der Waals surface area contributed by atoms with E-state index in [9.17, 15) is 0 Å². The van der Waals surface area contributed by atoms with E-state index >= 15 is 0 Å². The molecule has 4 heterocycles. The smallest absolute Gasteiger partial charge is 0.226 e. The molecule has 0 spiro atoms. The fourth-order valence-corrected chi connectivity index (χ4v) is 4.88. The number of nitrogens with one attached hydrogen (secondary N) is 1. The second-order valence-corrected chi connectivity index (χ2v) is 7.37. The Balaban J connectivity index is 1.74. The number of rotatable bonds is 2. The van der Waals surface area contributed by atoms with E-state index in [1.54, 1.807) is 0 Å². The lowest BCUT2D eigenvalue weighted by Crippen LogP contribution is -2.37. The molecule has 1 N–H and O–H groups in total. The number of thiophene rings is 1. The Morgan fingerprint density at radius 2 is 1.96 bits per heavy atom. The van der Waals surface area contributed by atoms with Crippen molar-refractivity contribution >= 4 is 28.2 Å². The van der Waals surface area contributed by atoms with Crippen LogP contribution >= 0.6 is 11.3 Å². The molecule has 4 aromatic rings. The van der Waals surface area contributed by atoms with Crippen LogP contribution in [-0.2, 0) is 6.42 Å². The van der Waals surface area contributed by atoms with Crippen molar-refractivity contribution < 1.29 is 0 Å². The maximum absolute atomic E-state index is 4.52. The molecule has 25 heavy (non-hydrogen) atoms. The molecule has 1 aliphatic heterocycles. The molecular weight excluding hydrogens is 328 g/mol. The molecule has 0 bridgehead atoms. The zero-order valence-electron chi connectivity index (χ0n) is 13.9. The molecular formula is C20H18N4S. The first-order valence-electron chi connectivity index (χ1n) is 8.50. The van der Waals surface area contributed by atoms with Gasteiger partial charge in [-0.1, -0.05) is 18.2 Å². The molecule has 0 saturated carbocycles. The molecule has 0 saturated heterocycles. The number of hydrogen-bond acceptors (Lipinski definition) is 4. The number of para-hydroxylation sites is 1. The molecule has 0 amide bonds. The van der Waals surface area contributed by atoms with Crippen molar-refractivity contribution in [1.82, 2.24) is 15.0 Å². The van der Waals surface area contributed by atoms with E-state index < -0.39 is 0 Å². The van der Waals surface area contributed by atoms with Crippen molar-refractivity contribution in [3.05, 3.63) is 75.9 Å². The fourth-order valence-electron chi connectivity index (χ4n) is 3.83. The van der Waals surface area contributed by atoms with E-state index in [2.05, 4.69) is 62.5 Å². The molecule has 1 unspecified atom stereocenters. The number of fused-ring (bicyclic) bond motifs is 3. The number of anilines is 1. The summed E-state index contributed by atoms with van der Waals surface area (Å²) in [6.07, 6.45) is 4.64. The Bertz CT molecular complexity index is 1030. The Morgan fingerprint density at radius 3 is 2.76 bits per heavy atom. The van der Waals surface area contributed by atoms with Crippen LogP contribution in [0, 0.1) is 6.92 Å². The molecule has 0 aliphatic carbocycles. The third-order valence-corrected chi connectivity index (χ3v) is 6.06. The van der Waals surface area contributed by atoms with Crippen molar-refractivity contribution in [2.45, 2.75) is 19.4 Å². The van der Waals surface area contributed by atoms with Crippen LogP contribution in [0.2, 0.25) is 0 Å². The summed E-state index contributed by atoms with van der Waals surface area (Å²) in [5, 5.41) is 3.51. The number of nitrogens with zero attached hydrogens (tertiary/aromatic N) is 3. The molecule has 5 heteroatoms. The van der Waals surface area contributed by atoms with Gasteiger partial charge in [0.15, 0.2) is 0 Å². The van der Waals surface area contributed by atoms with Crippen molar-refractivity contribution in [3.8, 4) is 0 Å². The van der Waals surface area contributed by atoms with Gasteiger partial charge in [-0.15, -0.1) is 11.3 Å². The summed E-state index contributed by atoms with van der Waals surface area (Å²) < 4.78 is 0. The van der Waals surface area contributed by atoms with Gasteiger partial charge in [0.25, 0.3) is 0 Å². The molecule has 124 valence electrons. The van der Waals surface area contributed by atoms with Crippen LogP contribution in [0.3, 0.4) is 0 Å². The lowest BCUT2D eigenvalue weighted by molar-refractivity contribution is 0.631. The van der Waals surface area contributed by atoms with Gasteiger partial charge < -0.3 is 9.88 Å². The van der Waals surface area contributed by atoms with Gasteiger partial charge in [-0.3, -0.25) is 0 Å². The second kappa shape index (κ2) is 5.70. The molecule has 1 aromatic carbocycles. The molecule has 0 radical (unpaired) electrons. The van der Waals surface area contributed by atoms with E-state index in [0.29, 0.717) is 0 Å². The molecule has 1 atom stereocenters. The largest absolute Gasteiger partial charge is 0.356 e. The van der Waals surface area contributed by atoms with Crippen LogP contribution in [0.1, 0.15) is 27.7 Å². The summed E-state index contributed by atoms with van der Waals surface area (Å²) in [4.78, 5) is 16.4. The molecule has 0 fully saturated rings. The minimum atomic E-state index is 0.138. The number of aromatic amines is 1. The average molecular weight is 346 g/mol. The SMILES string of the molecule is Cc1ccsc1C1c2[nH]c3ccccc3c2CCN1c1ncccn1. The normalized spacial score (nSPS) is 17.0. The summed E-state index contributed by atoms with van der Waals surface area (Å²) in [6, 6.07) is 12.8. The van der Waals surface area contributed by atoms with E-state index in [1.807, 2.05) is 29.8 Å². The first kappa shape index (κ1) is 14.7. The second-order valence-electron chi connectivity index (χ2n) is 6.43. The third kappa shape index (κ3) is 2.27. The highest BCUT2D eigenvalue weighted by Crippen LogP contribution is 2.42. The van der Waals surface area contributed by atoms with Gasteiger partial charge in [0.1, 0.15) is 6.04 Å². The van der Waals surface area contributed by atoms with Crippen molar-refractivity contribution in [2.75, 3.05) is 11.4 Å². The first-order chi connectivity index (χ1) is 12.3. The number of aryl methyl sites for hydroxylation is 1. The number of aromatic nitrogens is 3. The van der Waals surface area contributed by atoms with Gasteiger partial charge in [0.05, 0.1) is 0 Å².